The zero-order valence-electron chi connectivity index (χ0n) is 15.4. The second kappa shape index (κ2) is 8.46. The number of rotatable bonds is 4. The zero-order valence-corrected chi connectivity index (χ0v) is 16.2. The molecule has 1 aliphatic heterocycles. The highest BCUT2D eigenvalue weighted by Gasteiger charge is 2.34. The minimum Gasteiger partial charge on any atom is -0.667 e. The van der Waals surface area contributed by atoms with E-state index in [9.17, 15) is 18.0 Å². The van der Waals surface area contributed by atoms with E-state index in [-0.39, 0.29) is 17.0 Å². The first-order valence-corrected chi connectivity index (χ1v) is 9.34. The molecule has 1 amide bonds. The molecule has 0 bridgehead atoms. The van der Waals surface area contributed by atoms with Crippen LogP contribution in [0.2, 0.25) is 5.02 Å². The smallest absolute Gasteiger partial charge is 0.418 e. The summed E-state index contributed by atoms with van der Waals surface area (Å²) in [7, 11) is 0. The Morgan fingerprint density at radius 3 is 2.41 bits per heavy atom. The standard InChI is InChI=1S/C19H20ClF3N5O/c20-15-10-12(9-14(17(15)25)19(21,22)23)11-16(24)18(29)28-7-5-27(6-8-28)13-1-3-26-4-2-13/h1-4,9-10,16,24H,5-8,11,25H2/q-1/t16-/m1/s1. The average molecular weight is 427 g/mol. The number of nitrogens with zero attached hydrogens (tertiary/aromatic N) is 3. The third-order valence-corrected chi connectivity index (χ3v) is 5.16. The summed E-state index contributed by atoms with van der Waals surface area (Å²) < 4.78 is 39.3. The largest absolute Gasteiger partial charge is 0.667 e. The van der Waals surface area contributed by atoms with Gasteiger partial charge in [-0.05, 0) is 36.2 Å². The van der Waals surface area contributed by atoms with Crippen LogP contribution in [-0.2, 0) is 17.4 Å². The van der Waals surface area contributed by atoms with Crippen molar-refractivity contribution in [3.63, 3.8) is 0 Å². The molecule has 29 heavy (non-hydrogen) atoms. The van der Waals surface area contributed by atoms with Gasteiger partial charge in [-0.3, -0.25) is 9.78 Å². The van der Waals surface area contributed by atoms with Crippen molar-refractivity contribution < 1.29 is 18.0 Å². The van der Waals surface area contributed by atoms with Gasteiger partial charge >= 0.3 is 6.18 Å². The van der Waals surface area contributed by atoms with Gasteiger partial charge in [0.15, 0.2) is 0 Å². The molecule has 0 aliphatic carbocycles. The third kappa shape index (κ3) is 4.91. The Balaban J connectivity index is 1.64. The fraction of sp³-hybridized carbons (Fsp3) is 0.368. The van der Waals surface area contributed by atoms with Crippen molar-refractivity contribution in [2.45, 2.75) is 18.6 Å². The lowest BCUT2D eigenvalue weighted by Crippen LogP contribution is -2.51. The van der Waals surface area contributed by atoms with Crippen molar-refractivity contribution in [3.05, 3.63) is 58.5 Å². The Morgan fingerprint density at radius 1 is 1.21 bits per heavy atom. The Kier molecular flexibility index (Phi) is 6.18. The summed E-state index contributed by atoms with van der Waals surface area (Å²) in [6, 6.07) is 4.69. The highest BCUT2D eigenvalue weighted by atomic mass is 35.5. The number of nitrogen functional groups attached to an aromatic ring is 1. The maximum absolute atomic E-state index is 13.1. The number of carbonyl (C=O) groups is 1. The van der Waals surface area contributed by atoms with Gasteiger partial charge in [-0.15, -0.1) is 0 Å². The van der Waals surface area contributed by atoms with Gasteiger partial charge in [-0.25, -0.2) is 0 Å². The van der Waals surface area contributed by atoms with E-state index in [0.29, 0.717) is 26.2 Å². The van der Waals surface area contributed by atoms with E-state index in [4.69, 9.17) is 23.1 Å². The molecular formula is C19H20ClF3N5O-. The normalized spacial score (nSPS) is 16.0. The average Bonchev–Trinajstić information content (AvgIpc) is 2.70. The van der Waals surface area contributed by atoms with Crippen molar-refractivity contribution in [2.75, 3.05) is 36.8 Å². The molecule has 156 valence electrons. The fourth-order valence-corrected chi connectivity index (χ4v) is 3.55. The summed E-state index contributed by atoms with van der Waals surface area (Å²) in [6.07, 6.45) is -1.44. The van der Waals surface area contributed by atoms with Crippen LogP contribution in [0.1, 0.15) is 11.1 Å². The van der Waals surface area contributed by atoms with Gasteiger partial charge in [0.05, 0.1) is 16.3 Å². The van der Waals surface area contributed by atoms with Crippen molar-refractivity contribution in [2.24, 2.45) is 0 Å². The molecule has 3 rings (SSSR count). The number of nitrogens with two attached hydrogens (primary N) is 1. The molecule has 1 aliphatic rings. The summed E-state index contributed by atoms with van der Waals surface area (Å²) >= 11 is 5.82. The van der Waals surface area contributed by atoms with E-state index in [1.165, 1.54) is 6.07 Å². The number of benzene rings is 1. The van der Waals surface area contributed by atoms with Crippen molar-refractivity contribution in [1.29, 1.82) is 0 Å². The van der Waals surface area contributed by atoms with Crippen LogP contribution in [0.15, 0.2) is 36.7 Å². The molecule has 10 heteroatoms. The lowest BCUT2D eigenvalue weighted by atomic mass is 10.0. The Bertz CT molecular complexity index is 870. The molecule has 0 unspecified atom stereocenters. The predicted octanol–water partition coefficient (Wildman–Crippen LogP) is 3.65. The minimum atomic E-state index is -4.66. The summed E-state index contributed by atoms with van der Waals surface area (Å²) in [6.45, 7) is 2.09. The number of aromatic nitrogens is 1. The summed E-state index contributed by atoms with van der Waals surface area (Å²) in [5.74, 6) is -0.416. The molecule has 6 nitrogen and oxygen atoms in total. The number of anilines is 2. The quantitative estimate of drug-likeness (QED) is 0.756. The van der Waals surface area contributed by atoms with Gasteiger partial charge in [0.25, 0.3) is 0 Å². The first-order valence-electron chi connectivity index (χ1n) is 8.97. The second-order valence-electron chi connectivity index (χ2n) is 6.81. The van der Waals surface area contributed by atoms with Crippen LogP contribution in [0, 0.1) is 0 Å². The van der Waals surface area contributed by atoms with E-state index in [2.05, 4.69) is 9.88 Å². The summed E-state index contributed by atoms with van der Waals surface area (Å²) in [5, 5.41) is -0.236. The number of amides is 1. The highest BCUT2D eigenvalue weighted by Crippen LogP contribution is 2.38. The van der Waals surface area contributed by atoms with Crippen LogP contribution in [0.3, 0.4) is 0 Å². The summed E-state index contributed by atoms with van der Waals surface area (Å²) in [4.78, 5) is 20.3. The van der Waals surface area contributed by atoms with Gasteiger partial charge in [-0.2, -0.15) is 13.2 Å². The zero-order chi connectivity index (χ0) is 21.2. The van der Waals surface area contributed by atoms with E-state index in [1.54, 1.807) is 17.3 Å². The maximum atomic E-state index is 13.1. The molecule has 2 heterocycles. The lowest BCUT2D eigenvalue weighted by molar-refractivity contribution is -0.137. The van der Waals surface area contributed by atoms with E-state index < -0.39 is 29.4 Å². The number of hydrogen-bond acceptors (Lipinski definition) is 4. The molecule has 0 spiro atoms. The van der Waals surface area contributed by atoms with Crippen LogP contribution >= 0.6 is 11.6 Å². The van der Waals surface area contributed by atoms with Crippen LogP contribution < -0.4 is 10.6 Å². The number of pyridine rings is 1. The number of alkyl halides is 3. The molecule has 0 radical (unpaired) electrons. The molecule has 1 atom stereocenters. The molecule has 1 saturated heterocycles. The minimum absolute atomic E-state index is 0.153. The lowest BCUT2D eigenvalue weighted by Gasteiger charge is -2.38. The van der Waals surface area contributed by atoms with E-state index >= 15 is 0 Å². The number of hydrogen-bond donors (Lipinski definition) is 1. The van der Waals surface area contributed by atoms with Crippen molar-refractivity contribution >= 4 is 28.9 Å². The maximum Gasteiger partial charge on any atom is 0.418 e. The van der Waals surface area contributed by atoms with Gasteiger partial charge in [0.2, 0.25) is 5.91 Å². The molecule has 1 aromatic heterocycles. The molecule has 1 aromatic carbocycles. The van der Waals surface area contributed by atoms with Gasteiger partial charge < -0.3 is 21.3 Å². The van der Waals surface area contributed by atoms with Crippen molar-refractivity contribution in [1.82, 2.24) is 9.88 Å². The number of piperazine rings is 1. The number of carbonyl (C=O) groups excluding carboxylic acids is 1. The first kappa shape index (κ1) is 21.2. The van der Waals surface area contributed by atoms with Crippen LogP contribution in [0.5, 0.6) is 0 Å². The first-order chi connectivity index (χ1) is 13.7. The molecular weight excluding hydrogens is 407 g/mol. The highest BCUT2D eigenvalue weighted by molar-refractivity contribution is 6.33. The molecule has 1 fully saturated rings. The van der Waals surface area contributed by atoms with E-state index in [1.807, 2.05) is 12.1 Å². The van der Waals surface area contributed by atoms with Crippen LogP contribution in [0.4, 0.5) is 24.5 Å². The fourth-order valence-electron chi connectivity index (χ4n) is 3.31. The Hall–Kier alpha value is -2.52. The van der Waals surface area contributed by atoms with Gasteiger partial charge in [0, 0.05) is 44.3 Å². The Morgan fingerprint density at radius 2 is 1.83 bits per heavy atom. The molecule has 2 aromatic rings. The number of nitrogens with one attached hydrogen (secondary N) is 1. The monoisotopic (exact) mass is 426 g/mol. The number of halogens is 4. The van der Waals surface area contributed by atoms with E-state index in [0.717, 1.165) is 11.8 Å². The van der Waals surface area contributed by atoms with Gasteiger partial charge in [0.1, 0.15) is 0 Å². The predicted molar refractivity (Wildman–Crippen MR) is 106 cm³/mol. The van der Waals surface area contributed by atoms with Crippen LogP contribution in [-0.4, -0.2) is 48.0 Å². The Labute approximate surface area is 171 Å². The molecule has 3 N–H and O–H groups in total. The van der Waals surface area contributed by atoms with Gasteiger partial charge in [-0.1, -0.05) is 17.6 Å². The molecule has 0 saturated carbocycles. The summed E-state index contributed by atoms with van der Waals surface area (Å²) in [5.41, 5.74) is 13.1. The third-order valence-electron chi connectivity index (χ3n) is 4.85. The topological polar surface area (TPSA) is 86.3 Å². The second-order valence-corrected chi connectivity index (χ2v) is 7.22. The van der Waals surface area contributed by atoms with Crippen molar-refractivity contribution in [3.8, 4) is 0 Å². The van der Waals surface area contributed by atoms with Crippen LogP contribution in [0.25, 0.3) is 5.73 Å². The SMILES string of the molecule is [NH-][C@H](Cc1cc(Cl)c(N)c(C(F)(F)F)c1)C(=O)N1CCN(c2ccncc2)CC1.